The topological polar surface area (TPSA) is 40.5 Å². The van der Waals surface area contributed by atoms with Crippen molar-refractivity contribution in [1.29, 1.82) is 0 Å². The lowest BCUT2D eigenvalue weighted by Gasteiger charge is -2.13. The van der Waals surface area contributed by atoms with Crippen molar-refractivity contribution in [2.75, 3.05) is 13.7 Å². The van der Waals surface area contributed by atoms with Crippen LogP contribution in [0.15, 0.2) is 59.4 Å². The Balaban J connectivity index is 1.78. The van der Waals surface area contributed by atoms with Crippen LogP contribution in [0.4, 0.5) is 0 Å². The zero-order valence-electron chi connectivity index (χ0n) is 13.3. The van der Waals surface area contributed by atoms with Gasteiger partial charge in [-0.3, -0.25) is 4.79 Å². The maximum absolute atomic E-state index is 12.3. The Morgan fingerprint density at radius 3 is 2.43 bits per heavy atom. The summed E-state index contributed by atoms with van der Waals surface area (Å²) in [6, 6.07) is 17.0. The Morgan fingerprint density at radius 1 is 1.00 bits per heavy atom. The van der Waals surface area contributed by atoms with E-state index in [-0.39, 0.29) is 5.56 Å². The van der Waals surface area contributed by atoms with Gasteiger partial charge in [0, 0.05) is 11.5 Å². The summed E-state index contributed by atoms with van der Waals surface area (Å²) < 4.78 is 12.6. The van der Waals surface area contributed by atoms with Gasteiger partial charge in [-0.2, -0.15) is 0 Å². The second kappa shape index (κ2) is 6.57. The highest BCUT2D eigenvalue weighted by Gasteiger charge is 2.06. The van der Waals surface area contributed by atoms with Gasteiger partial charge in [-0.15, -0.1) is 0 Å². The predicted molar refractivity (Wildman–Crippen MR) is 91.4 cm³/mol. The fourth-order valence-corrected chi connectivity index (χ4v) is 2.66. The van der Waals surface area contributed by atoms with Gasteiger partial charge in [-0.05, 0) is 42.8 Å². The molecule has 0 amide bonds. The molecular weight excluding hydrogens is 290 g/mol. The van der Waals surface area contributed by atoms with Gasteiger partial charge in [0.1, 0.15) is 18.1 Å². The summed E-state index contributed by atoms with van der Waals surface area (Å²) in [4.78, 5) is 12.3. The van der Waals surface area contributed by atoms with E-state index in [1.807, 2.05) is 55.5 Å². The number of para-hydroxylation sites is 1. The van der Waals surface area contributed by atoms with Gasteiger partial charge in [-0.25, -0.2) is 0 Å². The molecule has 1 heterocycles. The summed E-state index contributed by atoms with van der Waals surface area (Å²) in [5.41, 5.74) is 1.94. The largest absolute Gasteiger partial charge is 0.497 e. The lowest BCUT2D eigenvalue weighted by molar-refractivity contribution is 0.298. The van der Waals surface area contributed by atoms with E-state index < -0.39 is 0 Å². The number of pyridine rings is 1. The number of fused-ring (bicyclic) bond motifs is 1. The number of hydrogen-bond acceptors (Lipinski definition) is 3. The fourth-order valence-electron chi connectivity index (χ4n) is 2.66. The minimum Gasteiger partial charge on any atom is -0.497 e. The van der Waals surface area contributed by atoms with E-state index in [1.54, 1.807) is 17.7 Å². The van der Waals surface area contributed by atoms with Crippen molar-refractivity contribution in [3.63, 3.8) is 0 Å². The molecule has 118 valence electrons. The number of benzene rings is 2. The Bertz CT molecular complexity index is 866. The first-order chi connectivity index (χ1) is 11.2. The first-order valence-corrected chi connectivity index (χ1v) is 7.55. The summed E-state index contributed by atoms with van der Waals surface area (Å²) in [6.45, 7) is 2.90. The normalized spacial score (nSPS) is 10.7. The molecule has 0 radical (unpaired) electrons. The lowest BCUT2D eigenvalue weighted by atomic mass is 10.1. The van der Waals surface area contributed by atoms with E-state index in [0.717, 1.165) is 28.0 Å². The zero-order chi connectivity index (χ0) is 16.2. The maximum Gasteiger partial charge on any atom is 0.251 e. The molecule has 0 atom stereocenters. The zero-order valence-corrected chi connectivity index (χ0v) is 13.3. The van der Waals surface area contributed by atoms with Gasteiger partial charge in [0.2, 0.25) is 0 Å². The summed E-state index contributed by atoms with van der Waals surface area (Å²) in [5, 5.41) is 1.09. The highest BCUT2D eigenvalue weighted by atomic mass is 16.5. The van der Waals surface area contributed by atoms with Crippen LogP contribution >= 0.6 is 0 Å². The second-order valence-electron chi connectivity index (χ2n) is 5.36. The standard InChI is InChI=1S/C19H19NO3/c1-14-13-19(21)20(18-6-4-3-5-17(14)18)11-12-23-16-9-7-15(22-2)8-10-16/h3-10,13H,11-12H2,1-2H3. The summed E-state index contributed by atoms with van der Waals surface area (Å²) in [7, 11) is 1.63. The molecule has 4 nitrogen and oxygen atoms in total. The summed E-state index contributed by atoms with van der Waals surface area (Å²) in [5.74, 6) is 1.55. The Kier molecular flexibility index (Phi) is 4.33. The second-order valence-corrected chi connectivity index (χ2v) is 5.36. The van der Waals surface area contributed by atoms with E-state index in [1.165, 1.54) is 0 Å². The SMILES string of the molecule is COc1ccc(OCCn2c(=O)cc(C)c3ccccc32)cc1. The third kappa shape index (κ3) is 3.21. The number of nitrogens with zero attached hydrogens (tertiary/aromatic N) is 1. The van der Waals surface area contributed by atoms with Crippen LogP contribution in [0.25, 0.3) is 10.9 Å². The van der Waals surface area contributed by atoms with Crippen molar-refractivity contribution in [2.45, 2.75) is 13.5 Å². The molecule has 0 spiro atoms. The van der Waals surface area contributed by atoms with Gasteiger partial charge in [0.25, 0.3) is 5.56 Å². The Hall–Kier alpha value is -2.75. The number of hydrogen-bond donors (Lipinski definition) is 0. The molecule has 0 N–H and O–H groups in total. The number of rotatable bonds is 5. The number of aryl methyl sites for hydroxylation is 1. The van der Waals surface area contributed by atoms with Gasteiger partial charge in [0.15, 0.2) is 0 Å². The monoisotopic (exact) mass is 309 g/mol. The highest BCUT2D eigenvalue weighted by Crippen LogP contribution is 2.18. The molecule has 3 rings (SSSR count). The van der Waals surface area contributed by atoms with Crippen LogP contribution in [0.2, 0.25) is 0 Å². The maximum atomic E-state index is 12.3. The Labute approximate surface area is 134 Å². The van der Waals surface area contributed by atoms with Crippen molar-refractivity contribution in [1.82, 2.24) is 4.57 Å². The van der Waals surface area contributed by atoms with Crippen LogP contribution in [-0.4, -0.2) is 18.3 Å². The molecule has 0 aliphatic heterocycles. The quantitative estimate of drug-likeness (QED) is 0.725. The van der Waals surface area contributed by atoms with Crippen molar-refractivity contribution >= 4 is 10.9 Å². The highest BCUT2D eigenvalue weighted by molar-refractivity contribution is 5.82. The van der Waals surface area contributed by atoms with E-state index >= 15 is 0 Å². The summed E-state index contributed by atoms with van der Waals surface area (Å²) >= 11 is 0. The van der Waals surface area contributed by atoms with Crippen LogP contribution in [-0.2, 0) is 6.54 Å². The number of ether oxygens (including phenoxy) is 2. The van der Waals surface area contributed by atoms with Crippen molar-refractivity contribution in [3.05, 3.63) is 70.5 Å². The average molecular weight is 309 g/mol. The van der Waals surface area contributed by atoms with Crippen LogP contribution in [0.3, 0.4) is 0 Å². The minimum atomic E-state index is -0.000434. The molecule has 0 unspecified atom stereocenters. The van der Waals surface area contributed by atoms with E-state index in [4.69, 9.17) is 9.47 Å². The molecule has 0 aliphatic rings. The molecule has 0 bridgehead atoms. The first-order valence-electron chi connectivity index (χ1n) is 7.55. The number of methoxy groups -OCH3 is 1. The average Bonchev–Trinajstić information content (AvgIpc) is 2.58. The molecule has 0 aliphatic carbocycles. The van der Waals surface area contributed by atoms with E-state index in [0.29, 0.717) is 13.2 Å². The molecule has 3 aromatic rings. The molecular formula is C19H19NO3. The molecule has 0 fully saturated rings. The predicted octanol–water partition coefficient (Wildman–Crippen LogP) is 3.40. The molecule has 23 heavy (non-hydrogen) atoms. The van der Waals surface area contributed by atoms with Crippen molar-refractivity contribution < 1.29 is 9.47 Å². The van der Waals surface area contributed by atoms with Crippen molar-refractivity contribution in [2.24, 2.45) is 0 Å². The Morgan fingerprint density at radius 2 is 1.70 bits per heavy atom. The van der Waals surface area contributed by atoms with E-state index in [9.17, 15) is 4.79 Å². The molecule has 0 saturated carbocycles. The fraction of sp³-hybridized carbons (Fsp3) is 0.211. The van der Waals surface area contributed by atoms with Crippen LogP contribution < -0.4 is 15.0 Å². The number of aromatic nitrogens is 1. The molecule has 4 heteroatoms. The lowest BCUT2D eigenvalue weighted by Crippen LogP contribution is -2.23. The van der Waals surface area contributed by atoms with Crippen LogP contribution in [0.5, 0.6) is 11.5 Å². The van der Waals surface area contributed by atoms with Gasteiger partial charge >= 0.3 is 0 Å². The molecule has 2 aromatic carbocycles. The van der Waals surface area contributed by atoms with Gasteiger partial charge < -0.3 is 14.0 Å². The minimum absolute atomic E-state index is 0.000434. The molecule has 0 saturated heterocycles. The smallest absolute Gasteiger partial charge is 0.251 e. The third-order valence-corrected chi connectivity index (χ3v) is 3.87. The summed E-state index contributed by atoms with van der Waals surface area (Å²) in [6.07, 6.45) is 0. The van der Waals surface area contributed by atoms with Gasteiger partial charge in [-0.1, -0.05) is 18.2 Å². The molecule has 1 aromatic heterocycles. The van der Waals surface area contributed by atoms with Crippen LogP contribution in [0, 0.1) is 6.92 Å². The van der Waals surface area contributed by atoms with E-state index in [2.05, 4.69) is 0 Å². The van der Waals surface area contributed by atoms with Gasteiger partial charge in [0.05, 0.1) is 19.2 Å². The van der Waals surface area contributed by atoms with Crippen molar-refractivity contribution in [3.8, 4) is 11.5 Å². The third-order valence-electron chi connectivity index (χ3n) is 3.87. The first kappa shape index (κ1) is 15.2. The van der Waals surface area contributed by atoms with Crippen LogP contribution in [0.1, 0.15) is 5.56 Å².